The van der Waals surface area contributed by atoms with Gasteiger partial charge in [0.1, 0.15) is 17.4 Å². The van der Waals surface area contributed by atoms with Crippen LogP contribution in [0, 0.1) is 13.8 Å². The van der Waals surface area contributed by atoms with Gasteiger partial charge in [0, 0.05) is 17.9 Å². The highest BCUT2D eigenvalue weighted by Gasteiger charge is 2.26. The molecule has 5 rings (SSSR count). The molecule has 2 aromatic carbocycles. The lowest BCUT2D eigenvalue weighted by Crippen LogP contribution is -2.21. The first kappa shape index (κ1) is 21.3. The van der Waals surface area contributed by atoms with Crippen molar-refractivity contribution in [2.45, 2.75) is 39.3 Å². The van der Waals surface area contributed by atoms with Crippen molar-refractivity contribution in [1.82, 2.24) is 14.5 Å². The van der Waals surface area contributed by atoms with Gasteiger partial charge in [-0.3, -0.25) is 4.79 Å². The molecule has 170 valence electrons. The quantitative estimate of drug-likeness (QED) is 0.434. The summed E-state index contributed by atoms with van der Waals surface area (Å²) >= 11 is 0. The molecule has 7 heteroatoms. The number of ether oxygens (including phenoxy) is 2. The maximum Gasteiger partial charge on any atom is 0.256 e. The van der Waals surface area contributed by atoms with Gasteiger partial charge < -0.3 is 24.3 Å². The highest BCUT2D eigenvalue weighted by Crippen LogP contribution is 2.37. The van der Waals surface area contributed by atoms with E-state index >= 15 is 0 Å². The number of hydrogen-bond acceptors (Lipinski definition) is 4. The normalized spacial score (nSPS) is 15.8. The largest absolute Gasteiger partial charge is 0.497 e. The lowest BCUT2D eigenvalue weighted by Gasteiger charge is -2.17. The Morgan fingerprint density at radius 1 is 1.24 bits per heavy atom. The fourth-order valence-corrected chi connectivity index (χ4v) is 4.52. The smallest absolute Gasteiger partial charge is 0.256 e. The number of H-pyrrole nitrogens is 1. The van der Waals surface area contributed by atoms with Crippen molar-refractivity contribution in [2.24, 2.45) is 0 Å². The monoisotopic (exact) mass is 444 g/mol. The molecule has 4 aromatic rings. The lowest BCUT2D eigenvalue weighted by atomic mass is 10.1. The lowest BCUT2D eigenvalue weighted by molar-refractivity contribution is 0.0962. The number of carbonyl (C=O) groups is 1. The first-order valence-electron chi connectivity index (χ1n) is 11.3. The molecule has 1 atom stereocenters. The number of nitrogens with zero attached hydrogens (tertiary/aromatic N) is 2. The van der Waals surface area contributed by atoms with Gasteiger partial charge in [-0.2, -0.15) is 0 Å². The molecule has 0 spiro atoms. The van der Waals surface area contributed by atoms with Crippen LogP contribution >= 0.6 is 0 Å². The molecule has 2 aromatic heterocycles. The molecule has 1 aliphatic rings. The van der Waals surface area contributed by atoms with E-state index in [1.54, 1.807) is 19.2 Å². The maximum absolute atomic E-state index is 13.3. The molecular weight excluding hydrogens is 416 g/mol. The third-order valence-electron chi connectivity index (χ3n) is 6.43. The summed E-state index contributed by atoms with van der Waals surface area (Å²) in [6, 6.07) is 15.1. The average molecular weight is 445 g/mol. The maximum atomic E-state index is 13.3. The van der Waals surface area contributed by atoms with Crippen molar-refractivity contribution in [3.63, 3.8) is 0 Å². The number of hydrogen-bond donors (Lipinski definition) is 2. The number of para-hydroxylation sites is 2. The number of carbonyl (C=O) groups excluding carboxylic acids is 1. The van der Waals surface area contributed by atoms with Crippen molar-refractivity contribution in [1.29, 1.82) is 0 Å². The Hall–Kier alpha value is -3.58. The number of benzene rings is 2. The number of anilines is 1. The Morgan fingerprint density at radius 3 is 2.85 bits per heavy atom. The Bertz CT molecular complexity index is 1280. The zero-order valence-electron chi connectivity index (χ0n) is 19.1. The SMILES string of the molecule is COc1cccc(C(=O)Nc2c(-c3nc4ccccc4[nH]3)c(C)c(C)n2C[C@@H]2CCCO2)c1. The van der Waals surface area contributed by atoms with E-state index < -0.39 is 0 Å². The van der Waals surface area contributed by atoms with Gasteiger partial charge in [0.2, 0.25) is 0 Å². The van der Waals surface area contributed by atoms with Crippen LogP contribution < -0.4 is 10.1 Å². The predicted molar refractivity (Wildman–Crippen MR) is 129 cm³/mol. The molecule has 0 aliphatic carbocycles. The van der Waals surface area contributed by atoms with Crippen molar-refractivity contribution >= 4 is 22.8 Å². The first-order chi connectivity index (χ1) is 16.0. The van der Waals surface area contributed by atoms with Crippen molar-refractivity contribution in [3.8, 4) is 17.1 Å². The standard InChI is InChI=1S/C26H28N4O3/c1-16-17(2)30(15-20-10-7-13-33-20)25(29-26(31)18-8-6-9-19(14-18)32-3)23(16)24-27-21-11-4-5-12-22(21)28-24/h4-6,8-9,11-12,14,20H,7,10,13,15H2,1-3H3,(H,27,28)(H,29,31)/t20-/m0/s1. The summed E-state index contributed by atoms with van der Waals surface area (Å²) in [6.45, 7) is 5.62. The van der Waals surface area contributed by atoms with Crippen LogP contribution in [0.5, 0.6) is 5.75 Å². The van der Waals surface area contributed by atoms with Crippen molar-refractivity contribution in [3.05, 3.63) is 65.4 Å². The predicted octanol–water partition coefficient (Wildman–Crippen LogP) is 5.09. The van der Waals surface area contributed by atoms with Crippen LogP contribution in [0.15, 0.2) is 48.5 Å². The number of rotatable bonds is 6. The third-order valence-corrected chi connectivity index (χ3v) is 6.43. The molecular formula is C26H28N4O3. The van der Waals surface area contributed by atoms with Crippen LogP contribution in [-0.2, 0) is 11.3 Å². The zero-order valence-corrected chi connectivity index (χ0v) is 19.1. The highest BCUT2D eigenvalue weighted by atomic mass is 16.5. The number of imidazole rings is 1. The fourth-order valence-electron chi connectivity index (χ4n) is 4.52. The summed E-state index contributed by atoms with van der Waals surface area (Å²) in [5, 5.41) is 3.18. The number of aromatic amines is 1. The second kappa shape index (κ2) is 8.75. The molecule has 2 N–H and O–H groups in total. The van der Waals surface area contributed by atoms with E-state index in [0.717, 1.165) is 58.9 Å². The minimum atomic E-state index is -0.197. The van der Waals surface area contributed by atoms with Gasteiger partial charge in [-0.1, -0.05) is 18.2 Å². The molecule has 3 heterocycles. The van der Waals surface area contributed by atoms with Crippen LogP contribution in [0.1, 0.15) is 34.5 Å². The third kappa shape index (κ3) is 4.00. The second-order valence-corrected chi connectivity index (χ2v) is 8.47. The van der Waals surface area contributed by atoms with E-state index in [2.05, 4.69) is 28.7 Å². The molecule has 0 saturated carbocycles. The van der Waals surface area contributed by atoms with Crippen LogP contribution in [0.3, 0.4) is 0 Å². The number of amides is 1. The Kier molecular flexibility index (Phi) is 5.64. The summed E-state index contributed by atoms with van der Waals surface area (Å²) in [5.41, 5.74) is 5.45. The first-order valence-corrected chi connectivity index (χ1v) is 11.3. The van der Waals surface area contributed by atoms with E-state index in [1.165, 1.54) is 0 Å². The molecule has 0 radical (unpaired) electrons. The Morgan fingerprint density at radius 2 is 2.09 bits per heavy atom. The molecule has 33 heavy (non-hydrogen) atoms. The van der Waals surface area contributed by atoms with Crippen LogP contribution in [0.2, 0.25) is 0 Å². The summed E-state index contributed by atoms with van der Waals surface area (Å²) in [5.74, 6) is 1.91. The topological polar surface area (TPSA) is 81.2 Å². The van der Waals surface area contributed by atoms with Gasteiger partial charge in [0.05, 0.1) is 36.4 Å². The number of nitrogens with one attached hydrogen (secondary N) is 2. The van der Waals surface area contributed by atoms with Crippen molar-refractivity contribution in [2.75, 3.05) is 19.0 Å². The number of fused-ring (bicyclic) bond motifs is 1. The Labute approximate surface area is 192 Å². The van der Waals surface area contributed by atoms with Gasteiger partial charge >= 0.3 is 0 Å². The summed E-state index contributed by atoms with van der Waals surface area (Å²) in [4.78, 5) is 21.6. The molecule has 1 saturated heterocycles. The van der Waals surface area contributed by atoms with Gasteiger partial charge in [-0.15, -0.1) is 0 Å². The van der Waals surface area contributed by atoms with Crippen LogP contribution in [-0.4, -0.2) is 40.3 Å². The van der Waals surface area contributed by atoms with Gasteiger partial charge in [-0.25, -0.2) is 4.98 Å². The summed E-state index contributed by atoms with van der Waals surface area (Å²) in [7, 11) is 1.59. The Balaban J connectivity index is 1.60. The minimum absolute atomic E-state index is 0.131. The molecule has 1 aliphatic heterocycles. The van der Waals surface area contributed by atoms with Crippen LogP contribution in [0.25, 0.3) is 22.4 Å². The summed E-state index contributed by atoms with van der Waals surface area (Å²) in [6.07, 6.45) is 2.21. The molecule has 1 fully saturated rings. The second-order valence-electron chi connectivity index (χ2n) is 8.47. The van der Waals surface area contributed by atoms with Crippen molar-refractivity contribution < 1.29 is 14.3 Å². The minimum Gasteiger partial charge on any atom is -0.497 e. The van der Waals surface area contributed by atoms with E-state index in [4.69, 9.17) is 14.5 Å². The van der Waals surface area contributed by atoms with E-state index in [1.807, 2.05) is 36.4 Å². The zero-order chi connectivity index (χ0) is 22.9. The van der Waals surface area contributed by atoms with E-state index in [0.29, 0.717) is 17.9 Å². The van der Waals surface area contributed by atoms with E-state index in [-0.39, 0.29) is 12.0 Å². The number of aromatic nitrogens is 3. The average Bonchev–Trinajstić information content (AvgIpc) is 3.55. The molecule has 0 bridgehead atoms. The molecule has 0 unspecified atom stereocenters. The molecule has 1 amide bonds. The fraction of sp³-hybridized carbons (Fsp3) is 0.308. The van der Waals surface area contributed by atoms with Crippen LogP contribution in [0.4, 0.5) is 5.82 Å². The summed E-state index contributed by atoms with van der Waals surface area (Å²) < 4.78 is 13.4. The van der Waals surface area contributed by atoms with Gasteiger partial charge in [0.15, 0.2) is 0 Å². The molecule has 7 nitrogen and oxygen atoms in total. The van der Waals surface area contributed by atoms with Gasteiger partial charge in [-0.05, 0) is 62.6 Å². The highest BCUT2D eigenvalue weighted by molar-refractivity contribution is 6.06. The van der Waals surface area contributed by atoms with Gasteiger partial charge in [0.25, 0.3) is 5.91 Å². The number of methoxy groups -OCH3 is 1. The van der Waals surface area contributed by atoms with E-state index in [9.17, 15) is 4.79 Å².